The fraction of sp³-hybridized carbons (Fsp3) is 0.350. The van der Waals surface area contributed by atoms with Crippen LogP contribution in [0, 0.1) is 5.92 Å². The minimum absolute atomic E-state index is 0.231. The van der Waals surface area contributed by atoms with E-state index in [9.17, 15) is 4.79 Å². The molecule has 0 saturated heterocycles. The Morgan fingerprint density at radius 2 is 2.00 bits per heavy atom. The van der Waals surface area contributed by atoms with E-state index in [1.807, 2.05) is 29.2 Å². The molecule has 3 heteroatoms. The first-order chi connectivity index (χ1) is 11.3. The van der Waals surface area contributed by atoms with Crippen molar-refractivity contribution in [2.75, 3.05) is 11.4 Å². The van der Waals surface area contributed by atoms with E-state index < -0.39 is 0 Å². The quantitative estimate of drug-likeness (QED) is 0.641. The van der Waals surface area contributed by atoms with E-state index in [1.54, 1.807) is 11.3 Å². The summed E-state index contributed by atoms with van der Waals surface area (Å²) in [6.45, 7) is 4.39. The number of benzene rings is 1. The highest BCUT2D eigenvalue weighted by atomic mass is 32.1. The van der Waals surface area contributed by atoms with Crippen LogP contribution >= 0.6 is 11.3 Å². The molecule has 1 aromatic heterocycles. The number of carbonyl (C=O) groups is 1. The van der Waals surface area contributed by atoms with Gasteiger partial charge in [-0.3, -0.25) is 4.79 Å². The topological polar surface area (TPSA) is 20.3 Å². The largest absolute Gasteiger partial charge is 0.308 e. The molecular weight excluding hydrogens is 302 g/mol. The predicted molar refractivity (Wildman–Crippen MR) is 98.9 cm³/mol. The second kappa shape index (κ2) is 7.60. The molecular formula is C20H23NOS. The second-order valence-electron chi connectivity index (χ2n) is 6.18. The van der Waals surface area contributed by atoms with E-state index in [0.717, 1.165) is 5.69 Å². The molecule has 0 bridgehead atoms. The van der Waals surface area contributed by atoms with Crippen molar-refractivity contribution in [1.82, 2.24) is 0 Å². The van der Waals surface area contributed by atoms with Gasteiger partial charge in [0.1, 0.15) is 0 Å². The van der Waals surface area contributed by atoms with Crippen LogP contribution in [-0.2, 0) is 4.79 Å². The Hall–Kier alpha value is -1.87. The smallest absolute Gasteiger partial charge is 0.227 e. The number of thiophene rings is 1. The van der Waals surface area contributed by atoms with Gasteiger partial charge in [0.15, 0.2) is 0 Å². The second-order valence-corrected chi connectivity index (χ2v) is 7.09. The third-order valence-corrected chi connectivity index (χ3v) is 5.47. The molecule has 0 spiro atoms. The molecule has 120 valence electrons. The van der Waals surface area contributed by atoms with Crippen LogP contribution in [0.4, 0.5) is 5.69 Å². The lowest BCUT2D eigenvalue weighted by Gasteiger charge is -2.21. The van der Waals surface area contributed by atoms with Crippen molar-refractivity contribution in [1.29, 1.82) is 0 Å². The summed E-state index contributed by atoms with van der Waals surface area (Å²) in [7, 11) is 0. The highest BCUT2D eigenvalue weighted by molar-refractivity contribution is 7.14. The maximum atomic E-state index is 12.7. The standard InChI is InChI=1S/C20H23NOS/c1-2-12-21(20(22)13-16-8-6-7-9-16)18-14-19(23-15-18)17-10-4-3-5-11-17/h2-5,10-11,14-16H,1,6-9,12-13H2. The Balaban J connectivity index is 1.76. The van der Waals surface area contributed by atoms with Crippen LogP contribution in [0.15, 0.2) is 54.4 Å². The van der Waals surface area contributed by atoms with Crippen LogP contribution in [-0.4, -0.2) is 12.5 Å². The zero-order chi connectivity index (χ0) is 16.1. The highest BCUT2D eigenvalue weighted by Gasteiger charge is 2.23. The monoisotopic (exact) mass is 325 g/mol. The van der Waals surface area contributed by atoms with Gasteiger partial charge in [-0.15, -0.1) is 17.9 Å². The van der Waals surface area contributed by atoms with Gasteiger partial charge in [-0.1, -0.05) is 49.2 Å². The predicted octanol–water partition coefficient (Wildman–Crippen LogP) is 5.51. The minimum Gasteiger partial charge on any atom is -0.308 e. The third kappa shape index (κ3) is 3.91. The molecule has 0 aliphatic heterocycles. The molecule has 1 heterocycles. The lowest BCUT2D eigenvalue weighted by atomic mass is 10.0. The van der Waals surface area contributed by atoms with Gasteiger partial charge in [-0.05, 0) is 30.4 Å². The molecule has 1 fully saturated rings. The average Bonchev–Trinajstić information content (AvgIpc) is 3.25. The first-order valence-corrected chi connectivity index (χ1v) is 9.21. The molecule has 1 aliphatic carbocycles. The van der Waals surface area contributed by atoms with Crippen LogP contribution < -0.4 is 4.90 Å². The number of rotatable bonds is 6. The van der Waals surface area contributed by atoms with Crippen LogP contribution in [0.2, 0.25) is 0 Å². The van der Waals surface area contributed by atoms with E-state index in [-0.39, 0.29) is 5.91 Å². The van der Waals surface area contributed by atoms with E-state index in [2.05, 4.69) is 30.2 Å². The maximum Gasteiger partial charge on any atom is 0.227 e. The van der Waals surface area contributed by atoms with Gasteiger partial charge in [0, 0.05) is 23.2 Å². The summed E-state index contributed by atoms with van der Waals surface area (Å²) in [6, 6.07) is 12.4. The normalized spacial score (nSPS) is 14.8. The third-order valence-electron chi connectivity index (χ3n) is 4.51. The van der Waals surface area contributed by atoms with Gasteiger partial charge in [0.05, 0.1) is 5.69 Å². The van der Waals surface area contributed by atoms with Crippen molar-refractivity contribution in [3.05, 3.63) is 54.4 Å². The van der Waals surface area contributed by atoms with Crippen molar-refractivity contribution in [3.8, 4) is 10.4 Å². The Labute approximate surface area is 142 Å². The maximum absolute atomic E-state index is 12.7. The summed E-state index contributed by atoms with van der Waals surface area (Å²) in [5.74, 6) is 0.802. The summed E-state index contributed by atoms with van der Waals surface area (Å²) < 4.78 is 0. The van der Waals surface area contributed by atoms with Gasteiger partial charge >= 0.3 is 0 Å². The summed E-state index contributed by atoms with van der Waals surface area (Å²) in [4.78, 5) is 15.8. The molecule has 1 amide bonds. The van der Waals surface area contributed by atoms with E-state index in [1.165, 1.54) is 36.1 Å². The first-order valence-electron chi connectivity index (χ1n) is 8.33. The first kappa shape index (κ1) is 16.0. The zero-order valence-corrected chi connectivity index (χ0v) is 14.2. The van der Waals surface area contributed by atoms with Crippen molar-refractivity contribution in [2.24, 2.45) is 5.92 Å². The number of amides is 1. The molecule has 0 radical (unpaired) electrons. The fourth-order valence-corrected chi connectivity index (χ4v) is 4.18. The van der Waals surface area contributed by atoms with Gasteiger partial charge < -0.3 is 4.90 Å². The van der Waals surface area contributed by atoms with E-state index in [4.69, 9.17) is 0 Å². The molecule has 2 aromatic rings. The van der Waals surface area contributed by atoms with Crippen LogP contribution in [0.3, 0.4) is 0 Å². The number of hydrogen-bond donors (Lipinski definition) is 0. The Morgan fingerprint density at radius 3 is 2.70 bits per heavy atom. The highest BCUT2D eigenvalue weighted by Crippen LogP contribution is 2.33. The zero-order valence-electron chi connectivity index (χ0n) is 13.4. The number of carbonyl (C=O) groups excluding carboxylic acids is 1. The Morgan fingerprint density at radius 1 is 1.26 bits per heavy atom. The van der Waals surface area contributed by atoms with Crippen molar-refractivity contribution < 1.29 is 4.79 Å². The number of nitrogens with zero attached hydrogens (tertiary/aromatic N) is 1. The SMILES string of the molecule is C=CCN(C(=O)CC1CCCC1)c1csc(-c2ccccc2)c1. The van der Waals surface area contributed by atoms with Crippen LogP contribution in [0.5, 0.6) is 0 Å². The van der Waals surface area contributed by atoms with Crippen LogP contribution in [0.25, 0.3) is 10.4 Å². The molecule has 23 heavy (non-hydrogen) atoms. The van der Waals surface area contributed by atoms with Gasteiger partial charge in [-0.2, -0.15) is 0 Å². The molecule has 1 saturated carbocycles. The van der Waals surface area contributed by atoms with Crippen molar-refractivity contribution >= 4 is 22.9 Å². The molecule has 1 aromatic carbocycles. The van der Waals surface area contributed by atoms with Crippen LogP contribution in [0.1, 0.15) is 32.1 Å². The van der Waals surface area contributed by atoms with Crippen molar-refractivity contribution in [2.45, 2.75) is 32.1 Å². The lowest BCUT2D eigenvalue weighted by Crippen LogP contribution is -2.31. The van der Waals surface area contributed by atoms with Crippen molar-refractivity contribution in [3.63, 3.8) is 0 Å². The summed E-state index contributed by atoms with van der Waals surface area (Å²) in [5.41, 5.74) is 2.20. The Kier molecular flexibility index (Phi) is 5.29. The van der Waals surface area contributed by atoms with Gasteiger partial charge in [0.25, 0.3) is 0 Å². The molecule has 1 aliphatic rings. The van der Waals surface area contributed by atoms with E-state index in [0.29, 0.717) is 18.9 Å². The van der Waals surface area contributed by atoms with Gasteiger partial charge in [0.2, 0.25) is 5.91 Å². The number of hydrogen-bond acceptors (Lipinski definition) is 2. The number of anilines is 1. The fourth-order valence-electron chi connectivity index (χ4n) is 3.27. The minimum atomic E-state index is 0.231. The van der Waals surface area contributed by atoms with E-state index >= 15 is 0 Å². The lowest BCUT2D eigenvalue weighted by molar-refractivity contribution is -0.119. The summed E-state index contributed by atoms with van der Waals surface area (Å²) in [5, 5.41) is 2.08. The molecule has 2 nitrogen and oxygen atoms in total. The average molecular weight is 325 g/mol. The molecule has 0 atom stereocenters. The summed E-state index contributed by atoms with van der Waals surface area (Å²) >= 11 is 1.69. The molecule has 0 N–H and O–H groups in total. The summed E-state index contributed by atoms with van der Waals surface area (Å²) in [6.07, 6.45) is 7.43. The Bertz CT molecular complexity index is 655. The molecule has 3 rings (SSSR count). The van der Waals surface area contributed by atoms with Gasteiger partial charge in [-0.25, -0.2) is 0 Å². The molecule has 0 unspecified atom stereocenters.